The van der Waals surface area contributed by atoms with Crippen LogP contribution in [0.5, 0.6) is 0 Å². The van der Waals surface area contributed by atoms with Crippen LogP contribution in [0.1, 0.15) is 20.7 Å². The Morgan fingerprint density at radius 2 is 1.72 bits per heavy atom. The van der Waals surface area contributed by atoms with Gasteiger partial charge in [0.2, 0.25) is 0 Å². The molecule has 0 aromatic heterocycles. The van der Waals surface area contributed by atoms with E-state index in [-0.39, 0.29) is 16.9 Å². The van der Waals surface area contributed by atoms with Crippen molar-refractivity contribution in [3.8, 4) is 0 Å². The van der Waals surface area contributed by atoms with Crippen molar-refractivity contribution in [1.29, 1.82) is 0 Å². The van der Waals surface area contributed by atoms with E-state index in [1.54, 1.807) is 12.1 Å². The van der Waals surface area contributed by atoms with Crippen molar-refractivity contribution in [2.24, 2.45) is 0 Å². The lowest BCUT2D eigenvalue weighted by molar-refractivity contribution is -0.168. The van der Waals surface area contributed by atoms with Crippen molar-refractivity contribution in [2.45, 2.75) is 17.5 Å². The Balaban J connectivity index is 1.66. The Morgan fingerprint density at radius 3 is 2.28 bits per heavy atom. The fourth-order valence-corrected chi connectivity index (χ4v) is 4.67. The maximum absolute atomic E-state index is 12.6. The van der Waals surface area contributed by atoms with Gasteiger partial charge in [0.05, 0.1) is 24.0 Å². The summed E-state index contributed by atoms with van der Waals surface area (Å²) in [4.78, 5) is 63.6. The van der Waals surface area contributed by atoms with E-state index in [1.807, 2.05) is 0 Å². The van der Waals surface area contributed by atoms with Crippen molar-refractivity contribution in [3.63, 3.8) is 0 Å². The van der Waals surface area contributed by atoms with Gasteiger partial charge in [-0.3, -0.25) is 24.1 Å². The largest absolute Gasteiger partial charge is 0.467 e. The first-order chi connectivity index (χ1) is 12.0. The number of amides is 3. The molecular formula is C16H12N2O6S. The zero-order chi connectivity index (χ0) is 17.9. The highest BCUT2D eigenvalue weighted by molar-refractivity contribution is 8.00. The zero-order valence-electron chi connectivity index (χ0n) is 13.0. The zero-order valence-corrected chi connectivity index (χ0v) is 13.8. The molecule has 2 saturated heterocycles. The number of carbonyl (C=O) groups excluding carboxylic acids is 5. The number of methoxy groups -OCH3 is 1. The summed E-state index contributed by atoms with van der Waals surface area (Å²) >= 11 is 1.14. The molecule has 3 heterocycles. The van der Waals surface area contributed by atoms with Crippen LogP contribution in [0.4, 0.5) is 0 Å². The molecule has 3 aliphatic heterocycles. The van der Waals surface area contributed by atoms with Gasteiger partial charge in [0.15, 0.2) is 11.8 Å². The van der Waals surface area contributed by atoms with Gasteiger partial charge in [0.25, 0.3) is 17.7 Å². The SMILES string of the molecule is COC(=O)C1C(=O)CS[C@@H]2C(N3C(=O)c4ccccc4C3=O)C(=O)N12. The third-order valence-electron chi connectivity index (χ3n) is 4.56. The molecule has 0 spiro atoms. The summed E-state index contributed by atoms with van der Waals surface area (Å²) in [5.41, 5.74) is 0.500. The van der Waals surface area contributed by atoms with Crippen molar-refractivity contribution >= 4 is 41.2 Å². The Labute approximate surface area is 146 Å². The molecule has 3 atom stereocenters. The highest BCUT2D eigenvalue weighted by atomic mass is 32.2. The topological polar surface area (TPSA) is 101 Å². The molecule has 128 valence electrons. The summed E-state index contributed by atoms with van der Waals surface area (Å²) < 4.78 is 4.60. The van der Waals surface area contributed by atoms with Crippen LogP contribution < -0.4 is 0 Å². The summed E-state index contributed by atoms with van der Waals surface area (Å²) in [6.45, 7) is 0. The van der Waals surface area contributed by atoms with Gasteiger partial charge in [-0.1, -0.05) is 12.1 Å². The molecule has 0 N–H and O–H groups in total. The van der Waals surface area contributed by atoms with Crippen LogP contribution in [0.3, 0.4) is 0 Å². The quantitative estimate of drug-likeness (QED) is 0.308. The molecule has 4 rings (SSSR count). The van der Waals surface area contributed by atoms with E-state index >= 15 is 0 Å². The van der Waals surface area contributed by atoms with Crippen molar-refractivity contribution in [3.05, 3.63) is 35.4 Å². The molecule has 0 radical (unpaired) electrons. The number of fused-ring (bicyclic) bond motifs is 2. The van der Waals surface area contributed by atoms with Gasteiger partial charge in [-0.25, -0.2) is 4.79 Å². The van der Waals surface area contributed by atoms with Crippen LogP contribution in [0, 0.1) is 0 Å². The second-order valence-corrected chi connectivity index (χ2v) is 6.91. The Bertz CT molecular complexity index is 810. The fraction of sp³-hybridized carbons (Fsp3) is 0.312. The van der Waals surface area contributed by atoms with Crippen molar-refractivity contribution in [2.75, 3.05) is 12.9 Å². The third kappa shape index (κ3) is 1.98. The van der Waals surface area contributed by atoms with E-state index in [1.165, 1.54) is 12.1 Å². The number of benzene rings is 1. The molecule has 8 nitrogen and oxygen atoms in total. The molecule has 1 aromatic rings. The van der Waals surface area contributed by atoms with Crippen LogP contribution >= 0.6 is 11.8 Å². The van der Waals surface area contributed by atoms with E-state index in [2.05, 4.69) is 4.74 Å². The second-order valence-electron chi connectivity index (χ2n) is 5.81. The van der Waals surface area contributed by atoms with E-state index in [0.29, 0.717) is 0 Å². The number of esters is 1. The Morgan fingerprint density at radius 1 is 1.12 bits per heavy atom. The molecule has 1 aromatic carbocycles. The highest BCUT2D eigenvalue weighted by Gasteiger charge is 2.62. The van der Waals surface area contributed by atoms with Crippen molar-refractivity contribution in [1.82, 2.24) is 9.80 Å². The van der Waals surface area contributed by atoms with Gasteiger partial charge in [-0.15, -0.1) is 11.8 Å². The number of ketones is 1. The molecule has 3 aliphatic rings. The number of ether oxygens (including phenoxy) is 1. The fourth-order valence-electron chi connectivity index (χ4n) is 3.37. The standard InChI is InChI=1S/C16H12N2O6S/c1-24-16(23)10-9(19)6-25-15-11(14(22)18(10)15)17-12(20)7-4-2-3-5-8(7)13(17)21/h2-5,10-11,15H,6H2,1H3/t10?,11?,15-/m1/s1. The summed E-state index contributed by atoms with van der Waals surface area (Å²) in [7, 11) is 1.14. The highest BCUT2D eigenvalue weighted by Crippen LogP contribution is 2.42. The van der Waals surface area contributed by atoms with E-state index < -0.39 is 46.9 Å². The molecule has 3 amide bonds. The maximum atomic E-state index is 12.6. The smallest absolute Gasteiger partial charge is 0.336 e. The number of rotatable bonds is 2. The average Bonchev–Trinajstić information content (AvgIpc) is 2.87. The molecule has 2 unspecified atom stereocenters. The average molecular weight is 360 g/mol. The number of thioether (sulfide) groups is 1. The van der Waals surface area contributed by atoms with Crippen molar-refractivity contribution < 1.29 is 28.7 Å². The van der Waals surface area contributed by atoms with E-state index in [0.717, 1.165) is 28.7 Å². The van der Waals surface area contributed by atoms with Crippen LogP contribution in [0.15, 0.2) is 24.3 Å². The predicted molar refractivity (Wildman–Crippen MR) is 84.6 cm³/mol. The molecule has 25 heavy (non-hydrogen) atoms. The van der Waals surface area contributed by atoms with Crippen LogP contribution in [-0.4, -0.2) is 69.6 Å². The van der Waals surface area contributed by atoms with Gasteiger partial charge >= 0.3 is 5.97 Å². The molecule has 0 saturated carbocycles. The molecule has 0 bridgehead atoms. The summed E-state index contributed by atoms with van der Waals surface area (Å²) in [6.07, 6.45) is 0. The van der Waals surface area contributed by atoms with Gasteiger partial charge in [0, 0.05) is 0 Å². The van der Waals surface area contributed by atoms with Gasteiger partial charge in [-0.05, 0) is 12.1 Å². The maximum Gasteiger partial charge on any atom is 0.336 e. The van der Waals surface area contributed by atoms with Crippen LogP contribution in [0.2, 0.25) is 0 Å². The van der Waals surface area contributed by atoms with E-state index in [4.69, 9.17) is 0 Å². The van der Waals surface area contributed by atoms with Gasteiger partial charge < -0.3 is 9.64 Å². The van der Waals surface area contributed by atoms with Gasteiger partial charge in [-0.2, -0.15) is 0 Å². The normalized spacial score (nSPS) is 27.8. The summed E-state index contributed by atoms with van der Waals surface area (Å²) in [6, 6.07) is 4.03. The number of nitrogens with zero attached hydrogens (tertiary/aromatic N) is 2. The predicted octanol–water partition coefficient (Wildman–Crippen LogP) is -0.323. The minimum absolute atomic E-state index is 0.00782. The van der Waals surface area contributed by atoms with Crippen LogP contribution in [-0.2, 0) is 19.1 Å². The lowest BCUT2D eigenvalue weighted by Crippen LogP contribution is -2.76. The third-order valence-corrected chi connectivity index (χ3v) is 5.84. The minimum Gasteiger partial charge on any atom is -0.467 e. The Hall–Kier alpha value is -2.68. The lowest BCUT2D eigenvalue weighted by atomic mass is 9.99. The molecular weight excluding hydrogens is 348 g/mol. The first-order valence-corrected chi connectivity index (χ1v) is 8.53. The first kappa shape index (κ1) is 15.8. The first-order valence-electron chi connectivity index (χ1n) is 7.48. The molecule has 9 heteroatoms. The van der Waals surface area contributed by atoms with E-state index in [9.17, 15) is 24.0 Å². The number of carbonyl (C=O) groups is 5. The number of hydrogen-bond donors (Lipinski definition) is 0. The second kappa shape index (κ2) is 5.41. The number of β-lactam (4-membered cyclic amide) rings is 1. The minimum atomic E-state index is -1.31. The molecule has 0 aliphatic carbocycles. The lowest BCUT2D eigenvalue weighted by Gasteiger charge is -2.53. The van der Waals surface area contributed by atoms with Gasteiger partial charge in [0.1, 0.15) is 11.4 Å². The number of hydrogen-bond acceptors (Lipinski definition) is 7. The number of imide groups is 1. The summed E-state index contributed by atoms with van der Waals surface area (Å²) in [5.74, 6) is -2.91. The number of Topliss-reactive ketones (excluding diaryl/α,β-unsaturated/α-hetero) is 1. The Kier molecular flexibility index (Phi) is 3.43. The van der Waals surface area contributed by atoms with Crippen LogP contribution in [0.25, 0.3) is 0 Å². The summed E-state index contributed by atoms with van der Waals surface area (Å²) in [5, 5.41) is -0.628. The molecule has 2 fully saturated rings. The monoisotopic (exact) mass is 360 g/mol.